The second-order valence-electron chi connectivity index (χ2n) is 5.17. The predicted octanol–water partition coefficient (Wildman–Crippen LogP) is 1.45. The number of thiophene rings is 1. The fraction of sp³-hybridized carbons (Fsp3) is 0.357. The highest BCUT2D eigenvalue weighted by Gasteiger charge is 2.25. The van der Waals surface area contributed by atoms with Crippen LogP contribution >= 0.6 is 23.1 Å². The molecule has 0 aliphatic rings. The third-order valence-electron chi connectivity index (χ3n) is 3.59. The number of nitrogens with zero attached hydrogens (tertiary/aromatic N) is 4. The molecule has 0 saturated heterocycles. The lowest BCUT2D eigenvalue weighted by Gasteiger charge is -2.16. The summed E-state index contributed by atoms with van der Waals surface area (Å²) in [7, 11) is 0. The molecule has 2 heterocycles. The number of nitriles is 1. The predicted molar refractivity (Wildman–Crippen MR) is 96.4 cm³/mol. The number of aromatic nitrogens is 3. The first-order valence-electron chi connectivity index (χ1n) is 7.18. The van der Waals surface area contributed by atoms with Crippen molar-refractivity contribution in [1.82, 2.24) is 14.8 Å². The van der Waals surface area contributed by atoms with Gasteiger partial charge in [0.1, 0.15) is 11.0 Å². The molecule has 132 valence electrons. The van der Waals surface area contributed by atoms with Gasteiger partial charge in [0, 0.05) is 4.88 Å². The Bertz CT molecular complexity index is 865. The monoisotopic (exact) mass is 379 g/mol. The van der Waals surface area contributed by atoms with E-state index in [9.17, 15) is 9.59 Å². The molecule has 2 aromatic rings. The summed E-state index contributed by atoms with van der Waals surface area (Å²) in [5.74, 6) is -0.772. The van der Waals surface area contributed by atoms with Gasteiger partial charge in [-0.3, -0.25) is 14.2 Å². The largest absolute Gasteiger partial charge is 0.368 e. The number of nitrogens with two attached hydrogens (primary N) is 2. The van der Waals surface area contributed by atoms with Crippen molar-refractivity contribution in [1.29, 1.82) is 5.26 Å². The van der Waals surface area contributed by atoms with Gasteiger partial charge in [-0.1, -0.05) is 11.8 Å². The summed E-state index contributed by atoms with van der Waals surface area (Å²) in [6.45, 7) is 5.25. The van der Waals surface area contributed by atoms with Gasteiger partial charge in [0.15, 0.2) is 5.16 Å². The quantitative estimate of drug-likeness (QED) is 0.642. The maximum Gasteiger partial charge on any atom is 0.251 e. The van der Waals surface area contributed by atoms with Gasteiger partial charge in [0.25, 0.3) is 5.91 Å². The Hall–Kier alpha value is -2.58. The zero-order valence-corrected chi connectivity index (χ0v) is 15.5. The summed E-state index contributed by atoms with van der Waals surface area (Å²) in [6, 6.07) is 1.24. The van der Waals surface area contributed by atoms with Crippen molar-refractivity contribution in [2.24, 2.45) is 5.73 Å². The van der Waals surface area contributed by atoms with Gasteiger partial charge in [-0.2, -0.15) is 5.26 Å². The number of primary amides is 1. The molecule has 0 aromatic carbocycles. The molecule has 9 nitrogen and oxygen atoms in total. The number of thioether (sulfide) groups is 1. The summed E-state index contributed by atoms with van der Waals surface area (Å²) in [5, 5.41) is 19.8. The lowest BCUT2D eigenvalue weighted by Crippen LogP contribution is -2.26. The Labute approximate surface area is 152 Å². The molecule has 2 rings (SSSR count). The van der Waals surface area contributed by atoms with Crippen LogP contribution in [0.2, 0.25) is 0 Å². The van der Waals surface area contributed by atoms with Crippen LogP contribution in [0.3, 0.4) is 0 Å². The fourth-order valence-electron chi connectivity index (χ4n) is 2.19. The molecule has 1 atom stereocenters. The normalized spacial score (nSPS) is 11.8. The SMILES string of the molecule is Cc1sc(NC(=O)C(C)n2c(N)nnc2SCC#N)c(C(N)=O)c1C. The Kier molecular flexibility index (Phi) is 5.66. The summed E-state index contributed by atoms with van der Waals surface area (Å²) >= 11 is 2.41. The van der Waals surface area contributed by atoms with Crippen LogP contribution in [0, 0.1) is 25.2 Å². The average molecular weight is 379 g/mol. The maximum absolute atomic E-state index is 12.6. The van der Waals surface area contributed by atoms with Gasteiger partial charge in [-0.15, -0.1) is 21.5 Å². The first-order valence-corrected chi connectivity index (χ1v) is 8.98. The minimum Gasteiger partial charge on any atom is -0.368 e. The molecule has 11 heteroatoms. The summed E-state index contributed by atoms with van der Waals surface area (Å²) in [6.07, 6.45) is 0. The Morgan fingerprint density at radius 2 is 2.12 bits per heavy atom. The summed E-state index contributed by atoms with van der Waals surface area (Å²) in [4.78, 5) is 25.2. The summed E-state index contributed by atoms with van der Waals surface area (Å²) in [5.41, 5.74) is 12.3. The van der Waals surface area contributed by atoms with Gasteiger partial charge in [-0.05, 0) is 26.3 Å². The van der Waals surface area contributed by atoms with Crippen molar-refractivity contribution < 1.29 is 9.59 Å². The highest BCUT2D eigenvalue weighted by atomic mass is 32.2. The van der Waals surface area contributed by atoms with Crippen LogP contribution < -0.4 is 16.8 Å². The van der Waals surface area contributed by atoms with Crippen LogP contribution in [-0.2, 0) is 4.79 Å². The third kappa shape index (κ3) is 3.75. The molecule has 0 spiro atoms. The minimum absolute atomic E-state index is 0.0664. The molecule has 2 amide bonds. The number of nitrogens with one attached hydrogen (secondary N) is 1. The topological polar surface area (TPSA) is 153 Å². The van der Waals surface area contributed by atoms with E-state index in [0.29, 0.717) is 15.7 Å². The molecule has 0 bridgehead atoms. The van der Waals surface area contributed by atoms with Gasteiger partial charge in [0.05, 0.1) is 17.4 Å². The van der Waals surface area contributed by atoms with Crippen molar-refractivity contribution in [3.63, 3.8) is 0 Å². The van der Waals surface area contributed by atoms with Crippen molar-refractivity contribution in [3.8, 4) is 6.07 Å². The molecule has 0 aliphatic heterocycles. The van der Waals surface area contributed by atoms with Crippen LogP contribution in [0.25, 0.3) is 0 Å². The highest BCUT2D eigenvalue weighted by molar-refractivity contribution is 7.99. The van der Waals surface area contributed by atoms with E-state index in [-0.39, 0.29) is 11.7 Å². The molecule has 2 aromatic heterocycles. The smallest absolute Gasteiger partial charge is 0.251 e. The van der Waals surface area contributed by atoms with Crippen LogP contribution in [-0.4, -0.2) is 32.3 Å². The van der Waals surface area contributed by atoms with Crippen LogP contribution in [0.5, 0.6) is 0 Å². The number of carbonyl (C=O) groups excluding carboxylic acids is 2. The molecule has 5 N–H and O–H groups in total. The van der Waals surface area contributed by atoms with E-state index in [1.165, 1.54) is 15.9 Å². The third-order valence-corrected chi connectivity index (χ3v) is 5.52. The van der Waals surface area contributed by atoms with Crippen LogP contribution in [0.4, 0.5) is 10.9 Å². The van der Waals surface area contributed by atoms with E-state index in [1.54, 1.807) is 13.8 Å². The molecular weight excluding hydrogens is 362 g/mol. The molecular formula is C14H17N7O2S2. The molecule has 25 heavy (non-hydrogen) atoms. The first-order chi connectivity index (χ1) is 11.8. The van der Waals surface area contributed by atoms with Gasteiger partial charge < -0.3 is 16.8 Å². The number of amides is 2. The molecule has 1 unspecified atom stereocenters. The highest BCUT2D eigenvalue weighted by Crippen LogP contribution is 2.33. The number of carbonyl (C=O) groups is 2. The maximum atomic E-state index is 12.6. The number of aryl methyl sites for hydroxylation is 1. The van der Waals surface area contributed by atoms with Crippen molar-refractivity contribution >= 4 is 45.9 Å². The van der Waals surface area contributed by atoms with E-state index in [2.05, 4.69) is 15.5 Å². The Morgan fingerprint density at radius 3 is 2.72 bits per heavy atom. The Morgan fingerprint density at radius 1 is 1.44 bits per heavy atom. The van der Waals surface area contributed by atoms with Crippen LogP contribution in [0.15, 0.2) is 5.16 Å². The molecule has 0 saturated carbocycles. The first kappa shape index (κ1) is 18.8. The van der Waals surface area contributed by atoms with Crippen molar-refractivity contribution in [3.05, 3.63) is 16.0 Å². The molecule has 0 aliphatic carbocycles. The van der Waals surface area contributed by atoms with E-state index in [4.69, 9.17) is 16.7 Å². The van der Waals surface area contributed by atoms with Crippen LogP contribution in [0.1, 0.15) is 33.8 Å². The average Bonchev–Trinajstić information content (AvgIpc) is 3.04. The minimum atomic E-state index is -0.736. The number of rotatable bonds is 6. The van der Waals surface area contributed by atoms with E-state index >= 15 is 0 Å². The van der Waals surface area contributed by atoms with Gasteiger partial charge >= 0.3 is 0 Å². The lowest BCUT2D eigenvalue weighted by molar-refractivity contribution is -0.118. The van der Waals surface area contributed by atoms with Gasteiger partial charge in [-0.25, -0.2) is 0 Å². The number of hydrogen-bond acceptors (Lipinski definition) is 8. The molecule has 0 radical (unpaired) electrons. The fourth-order valence-corrected chi connectivity index (χ4v) is 3.94. The standard InChI is InChI=1S/C14H17N7O2S2/c1-6-8(3)25-12(9(6)10(16)22)18-11(23)7(2)21-13(17)19-20-14(21)24-5-4-15/h7H,5H2,1-3H3,(H2,16,22)(H2,17,19)(H,18,23). The van der Waals surface area contributed by atoms with Crippen molar-refractivity contribution in [2.75, 3.05) is 16.8 Å². The molecule has 0 fully saturated rings. The number of anilines is 2. The van der Waals surface area contributed by atoms with Gasteiger partial charge in [0.2, 0.25) is 11.9 Å². The summed E-state index contributed by atoms with van der Waals surface area (Å²) < 4.78 is 1.44. The second kappa shape index (κ2) is 7.54. The number of hydrogen-bond donors (Lipinski definition) is 3. The zero-order valence-electron chi connectivity index (χ0n) is 13.9. The van der Waals surface area contributed by atoms with E-state index < -0.39 is 17.9 Å². The van der Waals surface area contributed by atoms with E-state index in [1.807, 2.05) is 13.0 Å². The van der Waals surface area contributed by atoms with E-state index in [0.717, 1.165) is 22.2 Å². The number of nitrogen functional groups attached to an aromatic ring is 1. The lowest BCUT2D eigenvalue weighted by atomic mass is 10.1. The van der Waals surface area contributed by atoms with Crippen molar-refractivity contribution in [2.45, 2.75) is 32.0 Å². The Balaban J connectivity index is 2.28. The zero-order chi connectivity index (χ0) is 18.7. The second-order valence-corrected chi connectivity index (χ2v) is 7.34.